The van der Waals surface area contributed by atoms with Crippen molar-refractivity contribution in [2.24, 2.45) is 5.73 Å². The zero-order valence-corrected chi connectivity index (χ0v) is 13.3. The van der Waals surface area contributed by atoms with E-state index in [-0.39, 0.29) is 24.2 Å². The molecule has 0 saturated heterocycles. The van der Waals surface area contributed by atoms with E-state index in [0.29, 0.717) is 11.3 Å². The Balaban J connectivity index is 0.00000361. The number of anilines is 1. The van der Waals surface area contributed by atoms with Crippen LogP contribution in [0.3, 0.4) is 0 Å². The first-order chi connectivity index (χ1) is 8.62. The van der Waals surface area contributed by atoms with Crippen LogP contribution < -0.4 is 11.1 Å². The Morgan fingerprint density at radius 1 is 1.25 bits per heavy atom. The molecule has 0 fully saturated rings. The lowest BCUT2D eigenvalue weighted by atomic mass is 10.0. The van der Waals surface area contributed by atoms with Gasteiger partial charge in [0.15, 0.2) is 0 Å². The van der Waals surface area contributed by atoms with Crippen LogP contribution in [0, 0.1) is 6.92 Å². The minimum atomic E-state index is -0.962. The average Bonchev–Trinajstić information content (AvgIpc) is 2.29. The number of halogens is 1. The van der Waals surface area contributed by atoms with Crippen molar-refractivity contribution in [3.05, 3.63) is 29.3 Å². The van der Waals surface area contributed by atoms with E-state index in [1.807, 2.05) is 6.92 Å². The van der Waals surface area contributed by atoms with Gasteiger partial charge < -0.3 is 16.0 Å². The fourth-order valence-corrected chi connectivity index (χ4v) is 1.46. The van der Waals surface area contributed by atoms with E-state index in [9.17, 15) is 9.59 Å². The molecule has 0 atom stereocenters. The molecule has 20 heavy (non-hydrogen) atoms. The molecule has 1 rings (SSSR count). The number of hydrogen-bond acceptors (Lipinski definition) is 3. The highest BCUT2D eigenvalue weighted by Gasteiger charge is 2.22. The number of nitrogens with zero attached hydrogens (tertiary/aromatic N) is 1. The van der Waals surface area contributed by atoms with Crippen molar-refractivity contribution < 1.29 is 9.59 Å². The van der Waals surface area contributed by atoms with Gasteiger partial charge in [-0.05, 0) is 38.5 Å². The monoisotopic (exact) mass is 299 g/mol. The van der Waals surface area contributed by atoms with Crippen molar-refractivity contribution in [3.63, 3.8) is 0 Å². The first-order valence-electron chi connectivity index (χ1n) is 6.05. The number of nitrogens with two attached hydrogens (primary N) is 1. The summed E-state index contributed by atoms with van der Waals surface area (Å²) in [7, 11) is 3.38. The number of amides is 2. The van der Waals surface area contributed by atoms with Crippen LogP contribution in [-0.2, 0) is 4.79 Å². The summed E-state index contributed by atoms with van der Waals surface area (Å²) in [6, 6.07) is 5.22. The largest absolute Gasteiger partial charge is 0.345 e. The molecule has 2 amide bonds. The first kappa shape index (κ1) is 18.4. The zero-order chi connectivity index (χ0) is 14.8. The number of hydrogen-bond donors (Lipinski definition) is 2. The summed E-state index contributed by atoms with van der Waals surface area (Å²) in [5, 5.41) is 2.71. The Hall–Kier alpha value is -1.59. The third kappa shape index (κ3) is 4.51. The van der Waals surface area contributed by atoms with Gasteiger partial charge in [0.2, 0.25) is 5.91 Å². The number of nitrogens with one attached hydrogen (secondary N) is 1. The van der Waals surface area contributed by atoms with Crippen molar-refractivity contribution in [1.82, 2.24) is 4.90 Å². The molecule has 0 radical (unpaired) electrons. The lowest BCUT2D eigenvalue weighted by Crippen LogP contribution is -2.45. The maximum Gasteiger partial charge on any atom is 0.253 e. The van der Waals surface area contributed by atoms with Crippen molar-refractivity contribution in [1.29, 1.82) is 0 Å². The third-order valence-electron chi connectivity index (χ3n) is 2.72. The highest BCUT2D eigenvalue weighted by Crippen LogP contribution is 2.17. The number of benzene rings is 1. The third-order valence-corrected chi connectivity index (χ3v) is 2.72. The van der Waals surface area contributed by atoms with Gasteiger partial charge in [-0.25, -0.2) is 0 Å². The van der Waals surface area contributed by atoms with Crippen molar-refractivity contribution in [2.75, 3.05) is 19.4 Å². The minimum Gasteiger partial charge on any atom is -0.345 e. The van der Waals surface area contributed by atoms with Gasteiger partial charge in [-0.1, -0.05) is 6.07 Å². The number of rotatable bonds is 3. The highest BCUT2D eigenvalue weighted by atomic mass is 35.5. The molecule has 0 aromatic heterocycles. The number of aryl methyl sites for hydroxylation is 1. The molecular weight excluding hydrogens is 278 g/mol. The van der Waals surface area contributed by atoms with Crippen LogP contribution in [0.2, 0.25) is 0 Å². The van der Waals surface area contributed by atoms with Gasteiger partial charge in [-0.3, -0.25) is 9.59 Å². The molecule has 0 unspecified atom stereocenters. The molecule has 0 bridgehead atoms. The molecule has 0 aliphatic heterocycles. The molecule has 3 N–H and O–H groups in total. The van der Waals surface area contributed by atoms with Gasteiger partial charge in [0.1, 0.15) is 0 Å². The van der Waals surface area contributed by atoms with Gasteiger partial charge >= 0.3 is 0 Å². The second-order valence-corrected chi connectivity index (χ2v) is 5.41. The minimum absolute atomic E-state index is 0. The lowest BCUT2D eigenvalue weighted by molar-refractivity contribution is -0.120. The molecule has 5 nitrogen and oxygen atoms in total. The Bertz CT molecular complexity index is 508. The van der Waals surface area contributed by atoms with Crippen LogP contribution in [0.1, 0.15) is 29.8 Å². The van der Waals surface area contributed by atoms with Crippen molar-refractivity contribution >= 4 is 29.9 Å². The van der Waals surface area contributed by atoms with Gasteiger partial charge in [0.25, 0.3) is 5.91 Å². The van der Waals surface area contributed by atoms with Gasteiger partial charge in [-0.15, -0.1) is 12.4 Å². The Morgan fingerprint density at radius 3 is 2.25 bits per heavy atom. The van der Waals surface area contributed by atoms with E-state index >= 15 is 0 Å². The maximum atomic E-state index is 12.0. The molecule has 112 valence electrons. The van der Waals surface area contributed by atoms with E-state index in [1.54, 1.807) is 46.1 Å². The molecule has 1 aromatic rings. The van der Waals surface area contributed by atoms with Gasteiger partial charge in [-0.2, -0.15) is 0 Å². The second kappa shape index (κ2) is 6.72. The molecule has 0 aliphatic rings. The van der Waals surface area contributed by atoms with Crippen molar-refractivity contribution in [3.8, 4) is 0 Å². The first-order valence-corrected chi connectivity index (χ1v) is 6.05. The summed E-state index contributed by atoms with van der Waals surface area (Å²) in [5.74, 6) is -0.389. The average molecular weight is 300 g/mol. The van der Waals surface area contributed by atoms with E-state index < -0.39 is 5.54 Å². The van der Waals surface area contributed by atoms with Gasteiger partial charge in [0.05, 0.1) is 5.54 Å². The Kier molecular flexibility index (Phi) is 6.19. The zero-order valence-electron chi connectivity index (χ0n) is 12.5. The normalized spacial score (nSPS) is 10.5. The number of carbonyl (C=O) groups excluding carboxylic acids is 2. The van der Waals surface area contributed by atoms with E-state index in [2.05, 4.69) is 5.32 Å². The summed E-state index contributed by atoms with van der Waals surface area (Å²) in [6.45, 7) is 5.11. The van der Waals surface area contributed by atoms with Crippen LogP contribution in [0.25, 0.3) is 0 Å². The van der Waals surface area contributed by atoms with Crippen LogP contribution in [0.4, 0.5) is 5.69 Å². The van der Waals surface area contributed by atoms with E-state index in [0.717, 1.165) is 5.56 Å². The highest BCUT2D eigenvalue weighted by molar-refractivity contribution is 6.00. The predicted octanol–water partition coefficient (Wildman–Crippen LogP) is 1.79. The summed E-state index contributed by atoms with van der Waals surface area (Å²) in [4.78, 5) is 25.3. The SMILES string of the molecule is Cc1ccc(NC(=O)C(C)(C)N)cc1C(=O)N(C)C.Cl. The molecule has 6 heteroatoms. The summed E-state index contributed by atoms with van der Waals surface area (Å²) in [5.41, 5.74) is 6.75. The predicted molar refractivity (Wildman–Crippen MR) is 83.3 cm³/mol. The van der Waals surface area contributed by atoms with E-state index in [4.69, 9.17) is 5.73 Å². The quantitative estimate of drug-likeness (QED) is 0.893. The van der Waals surface area contributed by atoms with Crippen LogP contribution in [0.15, 0.2) is 18.2 Å². The maximum absolute atomic E-state index is 12.0. The molecular formula is C14H22ClN3O2. The van der Waals surface area contributed by atoms with Crippen LogP contribution >= 0.6 is 12.4 Å². The second-order valence-electron chi connectivity index (χ2n) is 5.41. The Labute approximate surface area is 125 Å². The molecule has 0 spiro atoms. The topological polar surface area (TPSA) is 75.4 Å². The fraction of sp³-hybridized carbons (Fsp3) is 0.429. The standard InChI is InChI=1S/C14H21N3O2.ClH/c1-9-6-7-10(16-13(19)14(2,3)15)8-11(9)12(18)17(4)5;/h6-8H,15H2,1-5H3,(H,16,19);1H. The smallest absolute Gasteiger partial charge is 0.253 e. The number of carbonyl (C=O) groups is 2. The summed E-state index contributed by atoms with van der Waals surface area (Å²) < 4.78 is 0. The summed E-state index contributed by atoms with van der Waals surface area (Å²) in [6.07, 6.45) is 0. The lowest BCUT2D eigenvalue weighted by Gasteiger charge is -2.19. The molecule has 1 aromatic carbocycles. The molecule has 0 heterocycles. The Morgan fingerprint density at radius 2 is 1.80 bits per heavy atom. The molecule has 0 aliphatic carbocycles. The van der Waals surface area contributed by atoms with Gasteiger partial charge in [0, 0.05) is 25.3 Å². The summed E-state index contributed by atoms with van der Waals surface area (Å²) >= 11 is 0. The van der Waals surface area contributed by atoms with Crippen LogP contribution in [-0.4, -0.2) is 36.3 Å². The van der Waals surface area contributed by atoms with Crippen molar-refractivity contribution in [2.45, 2.75) is 26.3 Å². The molecule has 0 saturated carbocycles. The van der Waals surface area contributed by atoms with Crippen LogP contribution in [0.5, 0.6) is 0 Å². The van der Waals surface area contributed by atoms with E-state index in [1.165, 1.54) is 4.90 Å². The fourth-order valence-electron chi connectivity index (χ4n) is 1.46.